The molecule has 1 aromatic carbocycles. The molecule has 1 fully saturated rings. The summed E-state index contributed by atoms with van der Waals surface area (Å²) in [4.78, 5) is 11.1. The van der Waals surface area contributed by atoms with Crippen LogP contribution in [0.25, 0.3) is 0 Å². The van der Waals surface area contributed by atoms with Crippen molar-refractivity contribution in [2.24, 2.45) is 4.99 Å². The minimum atomic E-state index is 0.364. The van der Waals surface area contributed by atoms with E-state index in [2.05, 4.69) is 65.7 Å². The van der Waals surface area contributed by atoms with Gasteiger partial charge in [0.1, 0.15) is 0 Å². The number of nitrogens with one attached hydrogen (secondary N) is 2. The number of aromatic nitrogens is 1. The molecular formula is C19H24BrN5O. The van der Waals surface area contributed by atoms with Crippen molar-refractivity contribution in [2.45, 2.75) is 19.0 Å². The van der Waals surface area contributed by atoms with E-state index >= 15 is 0 Å². The summed E-state index contributed by atoms with van der Waals surface area (Å²) < 4.78 is 6.27. The summed E-state index contributed by atoms with van der Waals surface area (Å²) >= 11 is 3.49. The molecule has 1 unspecified atom stereocenters. The molecule has 6 nitrogen and oxygen atoms in total. The molecule has 1 saturated heterocycles. The normalized spacial score (nSPS) is 17.3. The number of benzene rings is 1. The first kappa shape index (κ1) is 18.5. The maximum absolute atomic E-state index is 5.16. The van der Waals surface area contributed by atoms with Crippen molar-refractivity contribution in [3.05, 3.63) is 52.6 Å². The van der Waals surface area contributed by atoms with Crippen LogP contribution in [0.3, 0.4) is 0 Å². The third-order valence-corrected chi connectivity index (χ3v) is 4.90. The van der Waals surface area contributed by atoms with Gasteiger partial charge in [0.15, 0.2) is 5.96 Å². The first-order valence-corrected chi connectivity index (χ1v) is 9.45. The van der Waals surface area contributed by atoms with E-state index in [9.17, 15) is 0 Å². The predicted octanol–water partition coefficient (Wildman–Crippen LogP) is 2.80. The Balaban J connectivity index is 1.51. The molecule has 0 spiro atoms. The van der Waals surface area contributed by atoms with Gasteiger partial charge in [0, 0.05) is 42.4 Å². The van der Waals surface area contributed by atoms with Gasteiger partial charge in [-0.05, 0) is 36.8 Å². The van der Waals surface area contributed by atoms with Gasteiger partial charge in [-0.3, -0.25) is 4.99 Å². The van der Waals surface area contributed by atoms with Gasteiger partial charge < -0.3 is 20.3 Å². The number of nitrogens with zero attached hydrogens (tertiary/aromatic N) is 3. The van der Waals surface area contributed by atoms with Crippen LogP contribution in [-0.4, -0.2) is 44.2 Å². The number of hydrogen-bond acceptors (Lipinski definition) is 4. The number of pyridine rings is 1. The Morgan fingerprint density at radius 2 is 2.12 bits per heavy atom. The second kappa shape index (κ2) is 8.89. The zero-order valence-electron chi connectivity index (χ0n) is 15.1. The molecule has 0 bridgehead atoms. The zero-order valence-corrected chi connectivity index (χ0v) is 16.7. The topological polar surface area (TPSA) is 61.8 Å². The van der Waals surface area contributed by atoms with Crippen LogP contribution in [0, 0.1) is 0 Å². The largest absolute Gasteiger partial charge is 0.481 e. The van der Waals surface area contributed by atoms with Crippen molar-refractivity contribution in [1.29, 1.82) is 0 Å². The zero-order chi connectivity index (χ0) is 18.4. The molecule has 1 aromatic heterocycles. The fraction of sp³-hybridized carbons (Fsp3) is 0.368. The number of rotatable bonds is 5. The molecule has 0 aliphatic carbocycles. The van der Waals surface area contributed by atoms with Crippen molar-refractivity contribution in [3.63, 3.8) is 0 Å². The Kier molecular flexibility index (Phi) is 6.33. The first-order valence-electron chi connectivity index (χ1n) is 8.65. The third-order valence-electron chi connectivity index (χ3n) is 4.37. The molecule has 0 amide bonds. The second-order valence-electron chi connectivity index (χ2n) is 6.15. The average molecular weight is 418 g/mol. The van der Waals surface area contributed by atoms with Crippen LogP contribution in [0.1, 0.15) is 12.1 Å². The minimum Gasteiger partial charge on any atom is -0.481 e. The summed E-state index contributed by atoms with van der Waals surface area (Å²) in [5.41, 5.74) is 2.16. The molecule has 2 aromatic rings. The van der Waals surface area contributed by atoms with Gasteiger partial charge in [-0.2, -0.15) is 0 Å². The Hall–Kier alpha value is -2.28. The van der Waals surface area contributed by atoms with Crippen LogP contribution < -0.4 is 20.3 Å². The van der Waals surface area contributed by atoms with E-state index < -0.39 is 0 Å². The summed E-state index contributed by atoms with van der Waals surface area (Å²) in [6.07, 6.45) is 1.08. The highest BCUT2D eigenvalue weighted by atomic mass is 79.9. The smallest absolute Gasteiger partial charge is 0.213 e. The molecule has 2 N–H and O–H groups in total. The first-order chi connectivity index (χ1) is 12.7. The van der Waals surface area contributed by atoms with Crippen LogP contribution in [0.4, 0.5) is 5.69 Å². The van der Waals surface area contributed by atoms with Crippen LogP contribution >= 0.6 is 15.9 Å². The molecule has 138 valence electrons. The number of anilines is 1. The molecule has 0 radical (unpaired) electrons. The minimum absolute atomic E-state index is 0.364. The van der Waals surface area contributed by atoms with Crippen LogP contribution in [-0.2, 0) is 6.54 Å². The molecule has 1 aliphatic heterocycles. The summed E-state index contributed by atoms with van der Waals surface area (Å²) in [7, 11) is 3.41. The Labute approximate surface area is 162 Å². The van der Waals surface area contributed by atoms with Crippen LogP contribution in [0.5, 0.6) is 5.88 Å². The summed E-state index contributed by atoms with van der Waals surface area (Å²) in [5, 5.41) is 6.83. The lowest BCUT2D eigenvalue weighted by molar-refractivity contribution is 0.396. The molecule has 7 heteroatoms. The van der Waals surface area contributed by atoms with Gasteiger partial charge in [0.05, 0.1) is 19.3 Å². The highest BCUT2D eigenvalue weighted by Crippen LogP contribution is 2.22. The van der Waals surface area contributed by atoms with Crippen molar-refractivity contribution in [1.82, 2.24) is 15.6 Å². The third kappa shape index (κ3) is 4.88. The lowest BCUT2D eigenvalue weighted by atomic mass is 10.2. The van der Waals surface area contributed by atoms with Crippen molar-refractivity contribution >= 4 is 27.6 Å². The van der Waals surface area contributed by atoms with Crippen molar-refractivity contribution in [2.75, 3.05) is 32.1 Å². The summed E-state index contributed by atoms with van der Waals surface area (Å²) in [5.74, 6) is 1.41. The molecule has 26 heavy (non-hydrogen) atoms. The van der Waals surface area contributed by atoms with E-state index in [0.29, 0.717) is 18.5 Å². The quantitative estimate of drug-likeness (QED) is 0.578. The molecule has 1 atom stereocenters. The molecule has 2 heterocycles. The summed E-state index contributed by atoms with van der Waals surface area (Å²) in [6.45, 7) is 2.59. The van der Waals surface area contributed by atoms with E-state index in [1.807, 2.05) is 18.2 Å². The molecule has 0 saturated carbocycles. The number of guanidine groups is 1. The molecular weight excluding hydrogens is 394 g/mol. The lowest BCUT2D eigenvalue weighted by Crippen LogP contribution is -2.44. The highest BCUT2D eigenvalue weighted by molar-refractivity contribution is 9.10. The van der Waals surface area contributed by atoms with E-state index in [4.69, 9.17) is 4.74 Å². The number of aliphatic imine (C=N–C) groups is 1. The Morgan fingerprint density at radius 3 is 2.85 bits per heavy atom. The number of ether oxygens (including phenoxy) is 1. The maximum atomic E-state index is 5.16. The predicted molar refractivity (Wildman–Crippen MR) is 109 cm³/mol. The standard InChI is InChI=1S/C19H24BrN5O/c1-21-19(22-12-15-4-3-5-18(23-15)26-2)24-16-10-11-25(13-16)17-8-6-14(20)7-9-17/h3-9,16H,10-13H2,1-2H3,(H2,21,22,24). The Morgan fingerprint density at radius 1 is 1.31 bits per heavy atom. The number of methoxy groups -OCH3 is 1. The molecule has 3 rings (SSSR count). The second-order valence-corrected chi connectivity index (χ2v) is 7.07. The Bertz CT molecular complexity index is 750. The highest BCUT2D eigenvalue weighted by Gasteiger charge is 2.23. The van der Waals surface area contributed by atoms with E-state index in [0.717, 1.165) is 35.6 Å². The molecule has 1 aliphatic rings. The van der Waals surface area contributed by atoms with E-state index in [-0.39, 0.29) is 0 Å². The van der Waals surface area contributed by atoms with Gasteiger partial charge in [-0.1, -0.05) is 22.0 Å². The van der Waals surface area contributed by atoms with E-state index in [1.54, 1.807) is 14.2 Å². The maximum Gasteiger partial charge on any atom is 0.213 e. The van der Waals surface area contributed by atoms with Gasteiger partial charge >= 0.3 is 0 Å². The van der Waals surface area contributed by atoms with Gasteiger partial charge in [0.25, 0.3) is 0 Å². The fourth-order valence-electron chi connectivity index (χ4n) is 3.00. The number of hydrogen-bond donors (Lipinski definition) is 2. The average Bonchev–Trinajstić information content (AvgIpc) is 3.14. The SMILES string of the molecule is CN=C(NCc1cccc(OC)n1)NC1CCN(c2ccc(Br)cc2)C1. The van der Waals surface area contributed by atoms with Crippen molar-refractivity contribution in [3.8, 4) is 5.88 Å². The lowest BCUT2D eigenvalue weighted by Gasteiger charge is -2.20. The van der Waals surface area contributed by atoms with Gasteiger partial charge in [0.2, 0.25) is 5.88 Å². The summed E-state index contributed by atoms with van der Waals surface area (Å²) in [6, 6.07) is 14.6. The van der Waals surface area contributed by atoms with E-state index in [1.165, 1.54) is 5.69 Å². The van der Waals surface area contributed by atoms with Crippen molar-refractivity contribution < 1.29 is 4.74 Å². The monoisotopic (exact) mass is 417 g/mol. The van der Waals surface area contributed by atoms with Gasteiger partial charge in [-0.25, -0.2) is 4.98 Å². The van der Waals surface area contributed by atoms with Crippen LogP contribution in [0.15, 0.2) is 51.9 Å². The number of halogens is 1. The van der Waals surface area contributed by atoms with Gasteiger partial charge in [-0.15, -0.1) is 0 Å². The van der Waals surface area contributed by atoms with Crippen LogP contribution in [0.2, 0.25) is 0 Å². The fourth-order valence-corrected chi connectivity index (χ4v) is 3.26.